The molecule has 2 aromatic carbocycles. The van der Waals surface area contributed by atoms with Gasteiger partial charge in [0.25, 0.3) is 0 Å². The minimum Gasteiger partial charge on any atom is -0.441 e. The summed E-state index contributed by atoms with van der Waals surface area (Å²) in [5, 5.41) is 11.5. The summed E-state index contributed by atoms with van der Waals surface area (Å²) in [6.45, 7) is 6.26. The topological polar surface area (TPSA) is 78.3 Å². The van der Waals surface area contributed by atoms with Crippen LogP contribution in [0.4, 0.5) is 0 Å². The number of fused-ring (bicyclic) bond motifs is 3. The number of hydrogen-bond donors (Lipinski definition) is 1. The monoisotopic (exact) mass is 525 g/mol. The summed E-state index contributed by atoms with van der Waals surface area (Å²) in [5.74, 6) is 1.32. The molecule has 0 bridgehead atoms. The van der Waals surface area contributed by atoms with E-state index in [-0.39, 0.29) is 5.91 Å². The summed E-state index contributed by atoms with van der Waals surface area (Å²) in [5.41, 5.74) is 7.16. The van der Waals surface area contributed by atoms with E-state index in [0.29, 0.717) is 24.8 Å². The van der Waals surface area contributed by atoms with Crippen LogP contribution in [0.15, 0.2) is 52.3 Å². The number of rotatable bonds is 5. The van der Waals surface area contributed by atoms with Crippen molar-refractivity contribution in [2.24, 2.45) is 5.92 Å². The molecule has 38 heavy (non-hydrogen) atoms. The van der Waals surface area contributed by atoms with E-state index in [1.165, 1.54) is 15.6 Å². The molecule has 1 saturated heterocycles. The van der Waals surface area contributed by atoms with Gasteiger partial charge < -0.3 is 9.32 Å². The number of nitrogens with zero attached hydrogens (tertiary/aromatic N) is 4. The van der Waals surface area contributed by atoms with Crippen LogP contribution in [-0.4, -0.2) is 50.5 Å². The van der Waals surface area contributed by atoms with Crippen molar-refractivity contribution >= 4 is 38.4 Å². The van der Waals surface area contributed by atoms with E-state index in [1.807, 2.05) is 41.4 Å². The Morgan fingerprint density at radius 2 is 2.13 bits per heavy atom. The first kappa shape index (κ1) is 23.6. The Morgan fingerprint density at radius 3 is 3.08 bits per heavy atom. The van der Waals surface area contributed by atoms with Gasteiger partial charge in [-0.3, -0.25) is 14.8 Å². The van der Waals surface area contributed by atoms with Crippen molar-refractivity contribution in [3.05, 3.63) is 70.6 Å². The number of carbonyl (C=O) groups excluding carboxylic acids is 1. The zero-order chi connectivity index (χ0) is 25.6. The first-order valence-corrected chi connectivity index (χ1v) is 14.4. The van der Waals surface area contributed by atoms with E-state index in [1.54, 1.807) is 0 Å². The number of thiophene rings is 1. The highest BCUT2D eigenvalue weighted by atomic mass is 32.1. The van der Waals surface area contributed by atoms with Gasteiger partial charge >= 0.3 is 0 Å². The van der Waals surface area contributed by atoms with Gasteiger partial charge in [0.05, 0.1) is 5.69 Å². The third-order valence-corrected chi connectivity index (χ3v) is 9.09. The number of nitrogens with one attached hydrogen (secondary N) is 1. The molecule has 5 heterocycles. The number of piperidine rings is 1. The summed E-state index contributed by atoms with van der Waals surface area (Å²) in [7, 11) is 0. The molecule has 7 nitrogen and oxygen atoms in total. The molecule has 0 aliphatic carbocycles. The van der Waals surface area contributed by atoms with Crippen molar-refractivity contribution in [3.63, 3.8) is 0 Å². The Balaban J connectivity index is 1.02. The second-order valence-electron chi connectivity index (χ2n) is 10.7. The van der Waals surface area contributed by atoms with Gasteiger partial charge in [-0.25, -0.2) is 4.98 Å². The largest absolute Gasteiger partial charge is 0.441 e. The molecule has 1 amide bonds. The van der Waals surface area contributed by atoms with Gasteiger partial charge in [0.2, 0.25) is 5.91 Å². The average molecular weight is 526 g/mol. The maximum Gasteiger partial charge on any atom is 0.223 e. The number of amides is 1. The van der Waals surface area contributed by atoms with Crippen molar-refractivity contribution in [2.75, 3.05) is 19.6 Å². The minimum atomic E-state index is 0.261. The second-order valence-corrected chi connectivity index (χ2v) is 11.6. The average Bonchev–Trinajstić information content (AvgIpc) is 3.64. The van der Waals surface area contributed by atoms with E-state index in [2.05, 4.69) is 49.7 Å². The Hall–Kier alpha value is -3.49. The lowest BCUT2D eigenvalue weighted by molar-refractivity contribution is -0.133. The third kappa shape index (κ3) is 4.41. The minimum absolute atomic E-state index is 0.261. The number of aryl methyl sites for hydroxylation is 1. The van der Waals surface area contributed by atoms with Crippen LogP contribution in [0.5, 0.6) is 0 Å². The molecule has 2 aliphatic heterocycles. The predicted molar refractivity (Wildman–Crippen MR) is 150 cm³/mol. The van der Waals surface area contributed by atoms with Crippen LogP contribution in [0.3, 0.4) is 0 Å². The molecule has 8 heteroatoms. The fourth-order valence-corrected chi connectivity index (χ4v) is 7.12. The van der Waals surface area contributed by atoms with Gasteiger partial charge in [0.1, 0.15) is 5.52 Å². The maximum absolute atomic E-state index is 13.5. The Bertz CT molecular complexity index is 1630. The molecule has 0 spiro atoms. The standard InChI is InChI=1S/C30H31N5O2S/c1-19-31-26-9-8-21(14-27(26)37-19)30-24-17-35(12-10-25(24)32-33-30)29(36)13-20-5-4-11-34(15-20)16-22-18-38-28-7-3-2-6-23(22)28/h2-3,6-9,14,18,20H,4-5,10-13,15-17H2,1H3,(H,32,33)/t20-/m0/s1. The van der Waals surface area contributed by atoms with Crippen LogP contribution in [0.1, 0.15) is 42.0 Å². The first-order valence-electron chi connectivity index (χ1n) is 13.5. The molecule has 0 saturated carbocycles. The van der Waals surface area contributed by atoms with E-state index in [0.717, 1.165) is 79.1 Å². The summed E-state index contributed by atoms with van der Waals surface area (Å²) in [4.78, 5) is 22.5. The number of carbonyl (C=O) groups is 1. The van der Waals surface area contributed by atoms with Gasteiger partial charge in [-0.15, -0.1) is 11.3 Å². The van der Waals surface area contributed by atoms with Crippen LogP contribution in [0.2, 0.25) is 0 Å². The lowest BCUT2D eigenvalue weighted by Crippen LogP contribution is -2.40. The smallest absolute Gasteiger partial charge is 0.223 e. The Labute approximate surface area is 225 Å². The van der Waals surface area contributed by atoms with E-state index < -0.39 is 0 Å². The number of H-pyrrole nitrogens is 1. The van der Waals surface area contributed by atoms with Crippen LogP contribution >= 0.6 is 11.3 Å². The molecule has 7 rings (SSSR count). The number of hydrogen-bond acceptors (Lipinski definition) is 6. The normalized spacial score (nSPS) is 18.3. The lowest BCUT2D eigenvalue weighted by Gasteiger charge is -2.34. The molecular formula is C30H31N5O2S. The van der Waals surface area contributed by atoms with Crippen molar-refractivity contribution in [3.8, 4) is 11.3 Å². The van der Waals surface area contributed by atoms with Crippen molar-refractivity contribution in [2.45, 2.75) is 45.7 Å². The quantitative estimate of drug-likeness (QED) is 0.308. The van der Waals surface area contributed by atoms with Crippen molar-refractivity contribution < 1.29 is 9.21 Å². The van der Waals surface area contributed by atoms with Gasteiger partial charge in [-0.2, -0.15) is 5.10 Å². The predicted octanol–water partition coefficient (Wildman–Crippen LogP) is 5.93. The number of likely N-dealkylation sites (tertiary alicyclic amines) is 1. The van der Waals surface area contributed by atoms with E-state index in [4.69, 9.17) is 4.42 Å². The van der Waals surface area contributed by atoms with Gasteiger partial charge in [0, 0.05) is 67.5 Å². The highest BCUT2D eigenvalue weighted by Crippen LogP contribution is 2.32. The van der Waals surface area contributed by atoms with E-state index >= 15 is 0 Å². The number of oxazole rings is 1. The second kappa shape index (κ2) is 9.67. The summed E-state index contributed by atoms with van der Waals surface area (Å²) in [6, 6.07) is 14.7. The summed E-state index contributed by atoms with van der Waals surface area (Å²) in [6.07, 6.45) is 3.70. The molecule has 1 N–H and O–H groups in total. The van der Waals surface area contributed by atoms with Crippen LogP contribution in [0, 0.1) is 12.8 Å². The molecule has 0 unspecified atom stereocenters. The molecule has 194 valence electrons. The Morgan fingerprint density at radius 1 is 1.21 bits per heavy atom. The van der Waals surface area contributed by atoms with Crippen LogP contribution in [0.25, 0.3) is 32.4 Å². The van der Waals surface area contributed by atoms with Crippen molar-refractivity contribution in [1.82, 2.24) is 25.0 Å². The van der Waals surface area contributed by atoms with Crippen molar-refractivity contribution in [1.29, 1.82) is 0 Å². The number of benzene rings is 2. The Kier molecular flexibility index (Phi) is 6.01. The molecule has 0 radical (unpaired) electrons. The van der Waals surface area contributed by atoms with Crippen LogP contribution in [-0.2, 0) is 24.3 Å². The molecular weight excluding hydrogens is 494 g/mol. The number of aromatic amines is 1. The molecule has 2 aliphatic rings. The van der Waals surface area contributed by atoms with Crippen LogP contribution < -0.4 is 0 Å². The molecule has 1 atom stereocenters. The van der Waals surface area contributed by atoms with Gasteiger partial charge in [-0.05, 0) is 59.8 Å². The van der Waals surface area contributed by atoms with E-state index in [9.17, 15) is 4.79 Å². The SMILES string of the molecule is Cc1nc2ccc(-c3n[nH]c4c3CN(C(=O)C[C@@H]3CCCN(Cc5csc6ccccc56)C3)CC4)cc2o1. The fraction of sp³-hybridized carbons (Fsp3) is 0.367. The third-order valence-electron chi connectivity index (χ3n) is 8.08. The van der Waals surface area contributed by atoms with Gasteiger partial charge in [-0.1, -0.05) is 24.3 Å². The first-order chi connectivity index (χ1) is 18.6. The molecule has 5 aromatic rings. The maximum atomic E-state index is 13.5. The zero-order valence-corrected chi connectivity index (χ0v) is 22.4. The molecule has 1 fully saturated rings. The highest BCUT2D eigenvalue weighted by Gasteiger charge is 2.29. The molecule has 3 aromatic heterocycles. The lowest BCUT2D eigenvalue weighted by atomic mass is 9.93. The summed E-state index contributed by atoms with van der Waals surface area (Å²) < 4.78 is 7.09. The summed E-state index contributed by atoms with van der Waals surface area (Å²) >= 11 is 1.83. The fourth-order valence-electron chi connectivity index (χ4n) is 6.17. The highest BCUT2D eigenvalue weighted by molar-refractivity contribution is 7.17. The number of aromatic nitrogens is 3. The van der Waals surface area contributed by atoms with Gasteiger partial charge in [0.15, 0.2) is 11.5 Å². The zero-order valence-electron chi connectivity index (χ0n) is 21.6.